The third kappa shape index (κ3) is 3.70. The summed E-state index contributed by atoms with van der Waals surface area (Å²) in [4.78, 5) is 0. The molecule has 1 N–H and O–H groups in total. The van der Waals surface area contributed by atoms with Crippen LogP contribution in [0.4, 0.5) is 0 Å². The summed E-state index contributed by atoms with van der Waals surface area (Å²) in [5.41, 5.74) is 0. The molecule has 0 saturated carbocycles. The number of hydrogen-bond acceptors (Lipinski definition) is 3. The van der Waals surface area contributed by atoms with Gasteiger partial charge in [-0.1, -0.05) is 15.9 Å². The van der Waals surface area contributed by atoms with Crippen LogP contribution in [-0.4, -0.2) is 21.1 Å². The summed E-state index contributed by atoms with van der Waals surface area (Å²) >= 11 is 11.0. The van der Waals surface area contributed by atoms with Gasteiger partial charge in [0.05, 0.1) is 10.7 Å². The number of hydrogen-bond donors (Lipinski definition) is 3. The monoisotopic (exact) mass is 202 g/mol. The summed E-state index contributed by atoms with van der Waals surface area (Å²) in [5, 5.41) is 9.00. The van der Waals surface area contributed by atoms with E-state index in [9.17, 15) is 0 Å². The van der Waals surface area contributed by atoms with Gasteiger partial charge >= 0.3 is 0 Å². The molecule has 0 amide bonds. The molecule has 0 rings (SSSR count). The molecule has 0 aliphatic rings. The third-order valence-corrected chi connectivity index (χ3v) is 2.89. The fourth-order valence-electron chi connectivity index (χ4n) is 0.0423. The van der Waals surface area contributed by atoms with Gasteiger partial charge in [-0.3, -0.25) is 0 Å². The first-order valence-electron chi connectivity index (χ1n) is 1.74. The van der Waals surface area contributed by atoms with Crippen molar-refractivity contribution in [1.29, 1.82) is 0 Å². The largest absolute Gasteiger partial charge is 0.394 e. The van der Waals surface area contributed by atoms with E-state index in [4.69, 9.17) is 5.11 Å². The minimum atomic E-state index is -0.556. The van der Waals surface area contributed by atoms with Crippen LogP contribution in [0, 0.1) is 0 Å². The van der Waals surface area contributed by atoms with E-state index in [-0.39, 0.29) is 6.61 Å². The van der Waals surface area contributed by atoms with Gasteiger partial charge in [0.25, 0.3) is 0 Å². The Morgan fingerprint density at radius 1 is 1.57 bits per heavy atom. The first kappa shape index (κ1) is 8.14. The van der Waals surface area contributed by atoms with Gasteiger partial charge in [-0.05, 0) is 0 Å². The molecule has 0 aromatic heterocycles. The quantitative estimate of drug-likeness (QED) is 0.346. The molecule has 0 saturated heterocycles. The Bertz CT molecular complexity index is 50.9. The summed E-state index contributed by atoms with van der Waals surface area (Å²) in [6.07, 6.45) is 0. The van der Waals surface area contributed by atoms with Crippen molar-refractivity contribution in [3.63, 3.8) is 0 Å². The molecule has 0 heterocycles. The number of rotatable bonds is 2. The van der Waals surface area contributed by atoms with E-state index < -0.39 is 4.08 Å². The minimum absolute atomic E-state index is 0.0233. The highest BCUT2D eigenvalue weighted by Crippen LogP contribution is 2.20. The van der Waals surface area contributed by atoms with E-state index in [1.54, 1.807) is 0 Å². The van der Waals surface area contributed by atoms with Crippen LogP contribution in [0.3, 0.4) is 0 Å². The smallest absolute Gasteiger partial charge is 0.0878 e. The van der Waals surface area contributed by atoms with Gasteiger partial charge in [-0.15, -0.1) is 0 Å². The maximum Gasteiger partial charge on any atom is 0.0878 e. The number of aliphatic hydroxyl groups is 1. The summed E-state index contributed by atoms with van der Waals surface area (Å²) in [6.45, 7) is -0.0233. The lowest BCUT2D eigenvalue weighted by molar-refractivity contribution is 0.293. The molecule has 0 aromatic carbocycles. The predicted molar refractivity (Wildman–Crippen MR) is 41.6 cm³/mol. The third-order valence-electron chi connectivity index (χ3n) is 0.467. The summed E-state index contributed by atoms with van der Waals surface area (Å²) < 4.78 is -0.556. The molecule has 0 fully saturated rings. The Labute approximate surface area is 62.4 Å². The molecule has 4 heteroatoms. The molecule has 0 unspecified atom stereocenters. The fourth-order valence-corrected chi connectivity index (χ4v) is 0.220. The fraction of sp³-hybridized carbons (Fsp3) is 1.00. The molecule has 0 bridgehead atoms. The van der Waals surface area contributed by atoms with Gasteiger partial charge in [0.15, 0.2) is 0 Å². The zero-order valence-electron chi connectivity index (χ0n) is 3.63. The van der Waals surface area contributed by atoms with Crippen LogP contribution in [0.5, 0.6) is 0 Å². The lowest BCUT2D eigenvalue weighted by Gasteiger charge is -2.13. The Morgan fingerprint density at radius 3 is 2.00 bits per heavy atom. The first-order valence-corrected chi connectivity index (χ1v) is 3.75. The molecule has 0 spiro atoms. The average Bonchev–Trinajstić information content (AvgIpc) is 1.68. The minimum Gasteiger partial charge on any atom is -0.394 e. The summed E-state index contributed by atoms with van der Waals surface area (Å²) in [7, 11) is 0. The van der Waals surface area contributed by atoms with Crippen molar-refractivity contribution in [2.24, 2.45) is 0 Å². The Hall–Kier alpha value is 1.14. The Balaban J connectivity index is 3.36. The second-order valence-electron chi connectivity index (χ2n) is 1.27. The van der Waals surface area contributed by atoms with Gasteiger partial charge < -0.3 is 5.11 Å². The summed E-state index contributed by atoms with van der Waals surface area (Å²) in [5.74, 6) is 0. The normalized spacial score (nSPS) is 12.0. The van der Waals surface area contributed by atoms with Crippen LogP contribution in [0.25, 0.3) is 0 Å². The van der Waals surface area contributed by atoms with Gasteiger partial charge in [0.1, 0.15) is 0 Å². The molecular formula is C3H7BrOS2. The zero-order chi connectivity index (χ0) is 5.91. The Morgan fingerprint density at radius 2 is 2.00 bits per heavy atom. The number of thiol groups is 2. The van der Waals surface area contributed by atoms with Crippen LogP contribution < -0.4 is 0 Å². The van der Waals surface area contributed by atoms with Crippen LogP contribution in [-0.2, 0) is 0 Å². The Kier molecular flexibility index (Phi) is 3.75. The SMILES string of the molecule is OCC(S)(S)CBr. The van der Waals surface area contributed by atoms with E-state index in [1.807, 2.05) is 0 Å². The predicted octanol–water partition coefficient (Wildman–Crippen LogP) is 0.929. The van der Waals surface area contributed by atoms with Gasteiger partial charge in [0.2, 0.25) is 0 Å². The van der Waals surface area contributed by atoms with Crippen molar-refractivity contribution in [3.05, 3.63) is 0 Å². The number of halogens is 1. The molecule has 44 valence electrons. The van der Waals surface area contributed by atoms with E-state index in [2.05, 4.69) is 41.2 Å². The molecule has 1 nitrogen and oxygen atoms in total. The van der Waals surface area contributed by atoms with E-state index in [0.29, 0.717) is 5.33 Å². The number of alkyl halides is 1. The molecule has 0 radical (unpaired) electrons. The highest BCUT2D eigenvalue weighted by molar-refractivity contribution is 9.09. The average molecular weight is 203 g/mol. The molecule has 0 aliphatic heterocycles. The maximum atomic E-state index is 8.41. The van der Waals surface area contributed by atoms with Crippen molar-refractivity contribution in [3.8, 4) is 0 Å². The number of aliphatic hydroxyl groups excluding tert-OH is 1. The van der Waals surface area contributed by atoms with E-state index in [1.165, 1.54) is 0 Å². The topological polar surface area (TPSA) is 20.2 Å². The lowest BCUT2D eigenvalue weighted by Crippen LogP contribution is -2.19. The van der Waals surface area contributed by atoms with Crippen LogP contribution >= 0.6 is 41.2 Å². The van der Waals surface area contributed by atoms with Crippen molar-refractivity contribution >= 4 is 41.2 Å². The van der Waals surface area contributed by atoms with Crippen LogP contribution in [0.1, 0.15) is 0 Å². The van der Waals surface area contributed by atoms with E-state index >= 15 is 0 Å². The second-order valence-corrected chi connectivity index (χ2v) is 3.90. The van der Waals surface area contributed by atoms with Crippen molar-refractivity contribution < 1.29 is 5.11 Å². The van der Waals surface area contributed by atoms with Gasteiger partial charge in [-0.25, -0.2) is 0 Å². The van der Waals surface area contributed by atoms with Crippen LogP contribution in [0.2, 0.25) is 0 Å². The van der Waals surface area contributed by atoms with Crippen molar-refractivity contribution in [2.45, 2.75) is 4.08 Å². The van der Waals surface area contributed by atoms with Gasteiger partial charge in [-0.2, -0.15) is 25.3 Å². The van der Waals surface area contributed by atoms with Gasteiger partial charge in [0, 0.05) is 5.33 Å². The molecule has 0 aromatic rings. The van der Waals surface area contributed by atoms with Crippen molar-refractivity contribution in [1.82, 2.24) is 0 Å². The molecule has 0 atom stereocenters. The van der Waals surface area contributed by atoms with E-state index in [0.717, 1.165) is 0 Å². The first-order chi connectivity index (χ1) is 3.12. The highest BCUT2D eigenvalue weighted by Gasteiger charge is 2.15. The second kappa shape index (κ2) is 3.22. The lowest BCUT2D eigenvalue weighted by atomic mass is 10.5. The molecule has 0 aliphatic carbocycles. The van der Waals surface area contributed by atoms with Crippen molar-refractivity contribution in [2.75, 3.05) is 11.9 Å². The summed E-state index contributed by atoms with van der Waals surface area (Å²) in [6, 6.07) is 0. The molecule has 7 heavy (non-hydrogen) atoms. The maximum absolute atomic E-state index is 8.41. The highest BCUT2D eigenvalue weighted by atomic mass is 79.9. The zero-order valence-corrected chi connectivity index (χ0v) is 7.01. The standard InChI is InChI=1S/C3H7BrOS2/c4-1-3(6,7)2-5/h5-7H,1-2H2. The molecular weight excluding hydrogens is 196 g/mol. The van der Waals surface area contributed by atoms with Crippen LogP contribution in [0.15, 0.2) is 0 Å².